The van der Waals surface area contributed by atoms with Crippen molar-refractivity contribution in [1.29, 1.82) is 0 Å². The summed E-state index contributed by atoms with van der Waals surface area (Å²) >= 11 is 0. The summed E-state index contributed by atoms with van der Waals surface area (Å²) in [5.41, 5.74) is 1.32. The van der Waals surface area contributed by atoms with Crippen molar-refractivity contribution in [1.82, 2.24) is 4.90 Å². The quantitative estimate of drug-likeness (QED) is 0.317. The maximum atomic E-state index is 12.9. The smallest absolute Gasteiger partial charge is 0.269 e. The number of amides is 1. The summed E-state index contributed by atoms with van der Waals surface area (Å²) in [7, 11) is 0. The fourth-order valence-electron chi connectivity index (χ4n) is 3.77. The first kappa shape index (κ1) is 20.6. The Bertz CT molecular complexity index is 1020. The Balaban J connectivity index is 1.32. The van der Waals surface area contributed by atoms with E-state index in [-0.39, 0.29) is 23.3 Å². The molecule has 0 aliphatic carbocycles. The van der Waals surface area contributed by atoms with Crippen LogP contribution in [0.2, 0.25) is 0 Å². The summed E-state index contributed by atoms with van der Waals surface area (Å²) in [6.07, 6.45) is 4.30. The molecule has 2 aromatic carbocycles. The minimum atomic E-state index is -0.463. The maximum Gasteiger partial charge on any atom is 0.269 e. The minimum Gasteiger partial charge on any atom is -0.486 e. The van der Waals surface area contributed by atoms with Crippen molar-refractivity contribution in [3.63, 3.8) is 0 Å². The lowest BCUT2D eigenvalue weighted by Gasteiger charge is -2.30. The molecule has 0 N–H and O–H groups in total. The number of ether oxygens (including phenoxy) is 2. The molecule has 0 radical (unpaired) electrons. The van der Waals surface area contributed by atoms with Crippen molar-refractivity contribution in [3.8, 4) is 11.5 Å². The summed E-state index contributed by atoms with van der Waals surface area (Å²) in [5.74, 6) is 1.04. The summed E-state index contributed by atoms with van der Waals surface area (Å²) in [6, 6.07) is 11.3. The second kappa shape index (κ2) is 8.99. The number of piperidine rings is 1. The maximum absolute atomic E-state index is 12.9. The van der Waals surface area contributed by atoms with Gasteiger partial charge in [-0.3, -0.25) is 19.7 Å². The average molecular weight is 422 g/mol. The van der Waals surface area contributed by atoms with Crippen molar-refractivity contribution in [2.45, 2.75) is 12.8 Å². The van der Waals surface area contributed by atoms with Crippen LogP contribution < -0.4 is 9.47 Å². The van der Waals surface area contributed by atoms with E-state index < -0.39 is 4.92 Å². The van der Waals surface area contributed by atoms with E-state index in [4.69, 9.17) is 9.47 Å². The topological polar surface area (TPSA) is 99.0 Å². The Morgan fingerprint density at radius 3 is 2.35 bits per heavy atom. The molecule has 0 unspecified atom stereocenters. The van der Waals surface area contributed by atoms with E-state index in [0.717, 1.165) is 0 Å². The summed E-state index contributed by atoms with van der Waals surface area (Å²) in [5, 5.41) is 10.7. The molecule has 0 spiro atoms. The Hall–Kier alpha value is -3.68. The highest BCUT2D eigenvalue weighted by atomic mass is 16.6. The van der Waals surface area contributed by atoms with Gasteiger partial charge in [-0.25, -0.2) is 0 Å². The molecule has 0 bridgehead atoms. The lowest BCUT2D eigenvalue weighted by Crippen LogP contribution is -2.39. The summed E-state index contributed by atoms with van der Waals surface area (Å²) in [4.78, 5) is 37.3. The zero-order valence-corrected chi connectivity index (χ0v) is 16.9. The largest absolute Gasteiger partial charge is 0.486 e. The molecular weight excluding hydrogens is 400 g/mol. The molecule has 2 heterocycles. The van der Waals surface area contributed by atoms with Crippen LogP contribution >= 0.6 is 0 Å². The summed E-state index contributed by atoms with van der Waals surface area (Å²) in [6.45, 7) is 1.98. The van der Waals surface area contributed by atoms with Gasteiger partial charge in [0.05, 0.1) is 4.92 Å². The highest BCUT2D eigenvalue weighted by Gasteiger charge is 2.28. The highest BCUT2D eigenvalue weighted by Crippen LogP contribution is 2.32. The third-order valence-electron chi connectivity index (χ3n) is 5.53. The zero-order valence-electron chi connectivity index (χ0n) is 16.9. The van der Waals surface area contributed by atoms with Gasteiger partial charge in [-0.15, -0.1) is 0 Å². The normalized spacial score (nSPS) is 16.3. The molecule has 2 aromatic rings. The fraction of sp³-hybridized carbons (Fsp3) is 0.304. The van der Waals surface area contributed by atoms with Crippen molar-refractivity contribution in [3.05, 3.63) is 69.8 Å². The molecule has 0 atom stereocenters. The summed E-state index contributed by atoms with van der Waals surface area (Å²) < 4.78 is 11.1. The van der Waals surface area contributed by atoms with Crippen LogP contribution in [0.3, 0.4) is 0 Å². The number of non-ortho nitro benzene ring substituents is 1. The lowest BCUT2D eigenvalue weighted by molar-refractivity contribution is -0.384. The van der Waals surface area contributed by atoms with Gasteiger partial charge in [0.1, 0.15) is 13.2 Å². The Labute approximate surface area is 179 Å². The molecule has 0 aromatic heterocycles. The molecule has 2 aliphatic heterocycles. The van der Waals surface area contributed by atoms with Gasteiger partial charge >= 0.3 is 0 Å². The number of carbonyl (C=O) groups excluding carboxylic acids is 2. The molecule has 1 fully saturated rings. The number of nitro benzene ring substituents is 1. The molecule has 4 rings (SSSR count). The second-order valence-corrected chi connectivity index (χ2v) is 7.50. The van der Waals surface area contributed by atoms with E-state index >= 15 is 0 Å². The van der Waals surface area contributed by atoms with Gasteiger partial charge in [-0.2, -0.15) is 0 Å². The number of nitrogens with zero attached hydrogens (tertiary/aromatic N) is 2. The SMILES string of the molecule is O=C(c1ccc2c(c1)OCCO2)C1CCN(C(=O)C=Cc2ccc([N+](=O)[O-])cc2)CC1. The standard InChI is InChI=1S/C23H22N2O6/c26-22(8-3-16-1-5-19(6-2-16)25(28)29)24-11-9-17(10-12-24)23(27)18-4-7-20-21(15-18)31-14-13-30-20/h1-8,15,17H,9-14H2. The first-order chi connectivity index (χ1) is 15.0. The van der Waals surface area contributed by atoms with E-state index in [9.17, 15) is 19.7 Å². The van der Waals surface area contributed by atoms with Crippen LogP contribution in [0.15, 0.2) is 48.5 Å². The Kier molecular flexibility index (Phi) is 5.97. The van der Waals surface area contributed by atoms with Crippen LogP contribution in [0.4, 0.5) is 5.69 Å². The first-order valence-corrected chi connectivity index (χ1v) is 10.2. The number of fused-ring (bicyclic) bond motifs is 1. The molecule has 8 heteroatoms. The lowest BCUT2D eigenvalue weighted by atomic mass is 9.88. The Morgan fingerprint density at radius 2 is 1.68 bits per heavy atom. The molecule has 2 aliphatic rings. The van der Waals surface area contributed by atoms with Gasteiger partial charge in [-0.05, 0) is 54.8 Å². The number of hydrogen-bond donors (Lipinski definition) is 0. The van der Waals surface area contributed by atoms with Gasteiger partial charge in [0.25, 0.3) is 5.69 Å². The van der Waals surface area contributed by atoms with E-state index in [0.29, 0.717) is 61.8 Å². The average Bonchev–Trinajstić information content (AvgIpc) is 2.82. The third kappa shape index (κ3) is 4.74. The Morgan fingerprint density at radius 1 is 1.00 bits per heavy atom. The predicted molar refractivity (Wildman–Crippen MR) is 113 cm³/mol. The van der Waals surface area contributed by atoms with Gasteiger partial charge in [0.15, 0.2) is 17.3 Å². The van der Waals surface area contributed by atoms with Crippen LogP contribution in [0.25, 0.3) is 6.08 Å². The molecule has 31 heavy (non-hydrogen) atoms. The van der Waals surface area contributed by atoms with Gasteiger partial charge < -0.3 is 14.4 Å². The molecule has 1 amide bonds. The molecule has 160 valence electrons. The number of ketones is 1. The van der Waals surface area contributed by atoms with Crippen molar-refractivity contribution >= 4 is 23.5 Å². The van der Waals surface area contributed by atoms with Gasteiger partial charge in [0, 0.05) is 42.8 Å². The second-order valence-electron chi connectivity index (χ2n) is 7.50. The first-order valence-electron chi connectivity index (χ1n) is 10.2. The highest BCUT2D eigenvalue weighted by molar-refractivity contribution is 5.99. The van der Waals surface area contributed by atoms with E-state index in [1.54, 1.807) is 41.3 Å². The van der Waals surface area contributed by atoms with Crippen LogP contribution in [0.1, 0.15) is 28.8 Å². The number of Topliss-reactive ketones (excluding diaryl/α,β-unsaturated/α-hetero) is 1. The fourth-order valence-corrected chi connectivity index (χ4v) is 3.77. The number of carbonyl (C=O) groups is 2. The third-order valence-corrected chi connectivity index (χ3v) is 5.53. The number of rotatable bonds is 5. The van der Waals surface area contributed by atoms with Gasteiger partial charge in [-0.1, -0.05) is 0 Å². The van der Waals surface area contributed by atoms with Crippen LogP contribution in [-0.2, 0) is 4.79 Å². The van der Waals surface area contributed by atoms with Crippen molar-refractivity contribution in [2.24, 2.45) is 5.92 Å². The van der Waals surface area contributed by atoms with E-state index in [1.165, 1.54) is 18.2 Å². The molecular formula is C23H22N2O6. The van der Waals surface area contributed by atoms with Gasteiger partial charge in [0.2, 0.25) is 5.91 Å². The number of hydrogen-bond acceptors (Lipinski definition) is 6. The van der Waals surface area contributed by atoms with Crippen LogP contribution in [0.5, 0.6) is 11.5 Å². The number of nitro groups is 1. The van der Waals surface area contributed by atoms with Crippen LogP contribution in [0, 0.1) is 16.0 Å². The van der Waals surface area contributed by atoms with E-state index in [2.05, 4.69) is 0 Å². The van der Waals surface area contributed by atoms with E-state index in [1.807, 2.05) is 0 Å². The van der Waals surface area contributed by atoms with Crippen molar-refractivity contribution < 1.29 is 24.0 Å². The predicted octanol–water partition coefficient (Wildman–Crippen LogP) is 3.50. The van der Waals surface area contributed by atoms with Crippen molar-refractivity contribution in [2.75, 3.05) is 26.3 Å². The monoisotopic (exact) mass is 422 g/mol. The van der Waals surface area contributed by atoms with Crippen LogP contribution in [-0.4, -0.2) is 47.8 Å². The minimum absolute atomic E-state index is 0.00762. The molecule has 0 saturated carbocycles. The molecule has 8 nitrogen and oxygen atoms in total. The zero-order chi connectivity index (χ0) is 21.8. The number of benzene rings is 2. The number of likely N-dealkylation sites (tertiary alicyclic amines) is 1. The molecule has 1 saturated heterocycles.